The van der Waals surface area contributed by atoms with Gasteiger partial charge in [0.2, 0.25) is 0 Å². The summed E-state index contributed by atoms with van der Waals surface area (Å²) in [4.78, 5) is 4.39. The predicted octanol–water partition coefficient (Wildman–Crippen LogP) is 2.75. The lowest BCUT2D eigenvalue weighted by atomic mass is 9.82. The Morgan fingerprint density at radius 2 is 2.11 bits per heavy atom. The van der Waals surface area contributed by atoms with Crippen molar-refractivity contribution in [1.29, 1.82) is 0 Å². The average molecular weight is 266 g/mol. The van der Waals surface area contributed by atoms with Gasteiger partial charge >= 0.3 is 0 Å². The van der Waals surface area contributed by atoms with Crippen LogP contribution >= 0.6 is 0 Å². The second kappa shape index (κ2) is 7.65. The number of oxazole rings is 1. The molecule has 108 valence electrons. The van der Waals surface area contributed by atoms with E-state index in [0.717, 1.165) is 43.7 Å². The first kappa shape index (κ1) is 14.5. The van der Waals surface area contributed by atoms with Gasteiger partial charge in [0.25, 0.3) is 0 Å². The fourth-order valence-electron chi connectivity index (χ4n) is 2.67. The summed E-state index contributed by atoms with van der Waals surface area (Å²) in [5.41, 5.74) is 0. The number of methoxy groups -OCH3 is 1. The molecule has 0 aromatic carbocycles. The van der Waals surface area contributed by atoms with Gasteiger partial charge in [0.05, 0.1) is 12.8 Å². The summed E-state index contributed by atoms with van der Waals surface area (Å²) in [5.74, 6) is 3.43. The molecule has 1 aromatic rings. The van der Waals surface area contributed by atoms with Crippen molar-refractivity contribution < 1.29 is 9.15 Å². The molecule has 4 heteroatoms. The van der Waals surface area contributed by atoms with Crippen LogP contribution in [0.25, 0.3) is 0 Å². The third-order valence-electron chi connectivity index (χ3n) is 3.99. The van der Waals surface area contributed by atoms with E-state index in [4.69, 9.17) is 9.15 Å². The molecule has 0 radical (unpaired) electrons. The van der Waals surface area contributed by atoms with Gasteiger partial charge in [-0.1, -0.05) is 19.8 Å². The molecule has 1 aromatic heterocycles. The van der Waals surface area contributed by atoms with Crippen molar-refractivity contribution in [3.63, 3.8) is 0 Å². The molecule has 1 aliphatic rings. The van der Waals surface area contributed by atoms with E-state index in [9.17, 15) is 0 Å². The maximum atomic E-state index is 5.88. The topological polar surface area (TPSA) is 47.3 Å². The highest BCUT2D eigenvalue weighted by Crippen LogP contribution is 2.35. The fraction of sp³-hybridized carbons (Fsp3) is 0.800. The van der Waals surface area contributed by atoms with Crippen molar-refractivity contribution >= 4 is 0 Å². The van der Waals surface area contributed by atoms with Gasteiger partial charge in [0, 0.05) is 32.5 Å². The molecule has 0 bridgehead atoms. The Morgan fingerprint density at radius 1 is 1.32 bits per heavy atom. The van der Waals surface area contributed by atoms with Crippen LogP contribution in [0, 0.1) is 5.92 Å². The van der Waals surface area contributed by atoms with Crippen LogP contribution in [0.3, 0.4) is 0 Å². The van der Waals surface area contributed by atoms with E-state index in [2.05, 4.69) is 17.2 Å². The number of hydrogen-bond acceptors (Lipinski definition) is 4. The summed E-state index contributed by atoms with van der Waals surface area (Å²) in [7, 11) is 1.72. The first-order chi connectivity index (χ1) is 9.29. The van der Waals surface area contributed by atoms with E-state index in [1.54, 1.807) is 7.11 Å². The molecule has 2 rings (SSSR count). The lowest BCUT2D eigenvalue weighted by Gasteiger charge is -2.24. The van der Waals surface area contributed by atoms with Crippen molar-refractivity contribution in [2.24, 2.45) is 5.92 Å². The van der Waals surface area contributed by atoms with E-state index in [1.807, 2.05) is 6.20 Å². The van der Waals surface area contributed by atoms with Crippen LogP contribution in [0.1, 0.15) is 50.2 Å². The Balaban J connectivity index is 1.72. The first-order valence-electron chi connectivity index (χ1n) is 7.44. The fourth-order valence-corrected chi connectivity index (χ4v) is 2.67. The normalized spacial score (nSPS) is 23.7. The summed E-state index contributed by atoms with van der Waals surface area (Å²) < 4.78 is 10.9. The molecule has 0 amide bonds. The van der Waals surface area contributed by atoms with Gasteiger partial charge in [-0.15, -0.1) is 0 Å². The third-order valence-corrected chi connectivity index (χ3v) is 3.99. The van der Waals surface area contributed by atoms with E-state index >= 15 is 0 Å². The summed E-state index contributed by atoms with van der Waals surface area (Å²) >= 11 is 0. The Hall–Kier alpha value is -0.870. The van der Waals surface area contributed by atoms with Crippen molar-refractivity contribution in [3.8, 4) is 0 Å². The second-order valence-electron chi connectivity index (χ2n) is 5.61. The molecule has 0 unspecified atom stereocenters. The van der Waals surface area contributed by atoms with E-state index < -0.39 is 0 Å². The number of hydrogen-bond donors (Lipinski definition) is 1. The maximum absolute atomic E-state index is 5.88. The largest absolute Gasteiger partial charge is 0.445 e. The molecule has 0 aliphatic heterocycles. The minimum Gasteiger partial charge on any atom is -0.445 e. The van der Waals surface area contributed by atoms with Gasteiger partial charge in [-0.2, -0.15) is 0 Å². The molecule has 1 heterocycles. The Kier molecular flexibility index (Phi) is 5.86. The lowest BCUT2D eigenvalue weighted by molar-refractivity contribution is 0.199. The van der Waals surface area contributed by atoms with Crippen LogP contribution in [0.2, 0.25) is 0 Å². The second-order valence-corrected chi connectivity index (χ2v) is 5.61. The third kappa shape index (κ3) is 4.62. The van der Waals surface area contributed by atoms with Crippen molar-refractivity contribution in [2.45, 2.75) is 44.9 Å². The first-order valence-corrected chi connectivity index (χ1v) is 7.44. The minimum atomic E-state index is 0.596. The standard InChI is InChI=1S/C15H26N2O2/c1-12-3-5-13(6-4-12)14-11-17-15(19-14)7-8-16-9-10-18-2/h11-13,16H,3-10H2,1-2H3. The molecule has 1 fully saturated rings. The van der Waals surface area contributed by atoms with Gasteiger partial charge < -0.3 is 14.5 Å². The molecule has 1 saturated carbocycles. The van der Waals surface area contributed by atoms with Crippen LogP contribution in [-0.2, 0) is 11.2 Å². The monoisotopic (exact) mass is 266 g/mol. The molecule has 0 spiro atoms. The van der Waals surface area contributed by atoms with Gasteiger partial charge in [-0.3, -0.25) is 0 Å². The van der Waals surface area contributed by atoms with Gasteiger partial charge in [0.1, 0.15) is 5.76 Å². The predicted molar refractivity (Wildman–Crippen MR) is 75.3 cm³/mol. The Morgan fingerprint density at radius 3 is 2.84 bits per heavy atom. The molecule has 4 nitrogen and oxygen atoms in total. The number of ether oxygens (including phenoxy) is 1. The van der Waals surface area contributed by atoms with E-state index in [-0.39, 0.29) is 0 Å². The van der Waals surface area contributed by atoms with Gasteiger partial charge in [-0.25, -0.2) is 4.98 Å². The highest BCUT2D eigenvalue weighted by molar-refractivity contribution is 5.03. The van der Waals surface area contributed by atoms with E-state index in [0.29, 0.717) is 5.92 Å². The molecule has 0 atom stereocenters. The highest BCUT2D eigenvalue weighted by atomic mass is 16.5. The van der Waals surface area contributed by atoms with Crippen LogP contribution in [-0.4, -0.2) is 31.8 Å². The molecular formula is C15H26N2O2. The number of aromatic nitrogens is 1. The Labute approximate surface area is 115 Å². The van der Waals surface area contributed by atoms with Crippen molar-refractivity contribution in [2.75, 3.05) is 26.8 Å². The van der Waals surface area contributed by atoms with Crippen LogP contribution < -0.4 is 5.32 Å². The zero-order valence-electron chi connectivity index (χ0n) is 12.2. The van der Waals surface area contributed by atoms with Crippen LogP contribution in [0.4, 0.5) is 0 Å². The SMILES string of the molecule is COCCNCCc1ncc(C2CCC(C)CC2)o1. The quantitative estimate of drug-likeness (QED) is 0.771. The molecule has 1 aliphatic carbocycles. The van der Waals surface area contributed by atoms with E-state index in [1.165, 1.54) is 25.7 Å². The van der Waals surface area contributed by atoms with Crippen molar-refractivity contribution in [1.82, 2.24) is 10.3 Å². The van der Waals surface area contributed by atoms with Crippen LogP contribution in [0.5, 0.6) is 0 Å². The summed E-state index contributed by atoms with van der Waals surface area (Å²) in [6.07, 6.45) is 7.93. The maximum Gasteiger partial charge on any atom is 0.195 e. The molecule has 1 N–H and O–H groups in total. The number of nitrogens with one attached hydrogen (secondary N) is 1. The highest BCUT2D eigenvalue weighted by Gasteiger charge is 2.22. The molecule has 0 saturated heterocycles. The van der Waals surface area contributed by atoms with Gasteiger partial charge in [-0.05, 0) is 18.8 Å². The smallest absolute Gasteiger partial charge is 0.195 e. The lowest BCUT2D eigenvalue weighted by Crippen LogP contribution is -2.21. The summed E-state index contributed by atoms with van der Waals surface area (Å²) in [6, 6.07) is 0. The van der Waals surface area contributed by atoms with Gasteiger partial charge in [0.15, 0.2) is 5.89 Å². The number of nitrogens with zero attached hydrogens (tertiary/aromatic N) is 1. The minimum absolute atomic E-state index is 0.596. The molecule has 19 heavy (non-hydrogen) atoms. The summed E-state index contributed by atoms with van der Waals surface area (Å²) in [5, 5.41) is 3.30. The average Bonchev–Trinajstić information content (AvgIpc) is 2.88. The van der Waals surface area contributed by atoms with Crippen molar-refractivity contribution in [3.05, 3.63) is 17.8 Å². The zero-order chi connectivity index (χ0) is 13.5. The number of rotatable bonds is 7. The Bertz CT molecular complexity index is 357. The van der Waals surface area contributed by atoms with Crippen LogP contribution in [0.15, 0.2) is 10.6 Å². The summed E-state index contributed by atoms with van der Waals surface area (Å²) in [6.45, 7) is 4.86. The zero-order valence-corrected chi connectivity index (χ0v) is 12.2. The molecular weight excluding hydrogens is 240 g/mol.